The molecular formula is C107H205N23O5. The van der Waals surface area contributed by atoms with E-state index in [1.165, 1.54) is 0 Å². The van der Waals surface area contributed by atoms with Gasteiger partial charge in [-0.25, -0.2) is 0 Å². The summed E-state index contributed by atoms with van der Waals surface area (Å²) in [7, 11) is 0. The molecule has 8 rings (SSSR count). The second kappa shape index (κ2) is 51.7. The van der Waals surface area contributed by atoms with Crippen molar-refractivity contribution in [3.05, 3.63) is 0 Å². The van der Waals surface area contributed by atoms with Crippen molar-refractivity contribution in [2.45, 2.75) is 533 Å². The van der Waals surface area contributed by atoms with E-state index in [1.807, 2.05) is 0 Å². The fraction of sp³-hybridized carbons (Fsp3) is 0.916. The van der Waals surface area contributed by atoms with Crippen LogP contribution in [-0.4, -0.2) is 261 Å². The molecule has 5 saturated heterocycles. The maximum absolute atomic E-state index is 7.13. The van der Waals surface area contributed by atoms with Gasteiger partial charge in [-0.3, -0.25) is 24.2 Å². The highest BCUT2D eigenvalue weighted by Crippen LogP contribution is 2.50. The highest BCUT2D eigenvalue weighted by molar-refractivity contribution is 5.55. The predicted molar refractivity (Wildman–Crippen MR) is 566 cm³/mol. The topological polar surface area (TPSA) is 208 Å². The zero-order valence-electron chi connectivity index (χ0n) is 93.4. The molecule has 135 heavy (non-hydrogen) atoms. The van der Waals surface area contributed by atoms with E-state index in [4.69, 9.17) is 69.0 Å². The summed E-state index contributed by atoms with van der Waals surface area (Å²) in [5.74, 6) is 6.26. The summed E-state index contributed by atoms with van der Waals surface area (Å²) in [6.07, 6.45) is 30.4. The van der Waals surface area contributed by atoms with Crippen LogP contribution in [0.4, 0.5) is 53.5 Å². The first-order valence-corrected chi connectivity index (χ1v) is 55.0. The van der Waals surface area contributed by atoms with Crippen molar-refractivity contribution in [3.63, 3.8) is 0 Å². The van der Waals surface area contributed by atoms with Crippen molar-refractivity contribution in [2.24, 2.45) is 0 Å². The number of nitrogens with zero attached hydrogens (tertiary/aromatic N) is 23. The molecule has 8 heterocycles. The lowest BCUT2D eigenvalue weighted by Gasteiger charge is -2.58. The summed E-state index contributed by atoms with van der Waals surface area (Å²) < 4.78 is 0. The highest BCUT2D eigenvalue weighted by Gasteiger charge is 2.57. The van der Waals surface area contributed by atoms with Gasteiger partial charge in [-0.1, -0.05) is 155 Å². The van der Waals surface area contributed by atoms with Crippen molar-refractivity contribution in [3.8, 4) is 0 Å². The average Bonchev–Trinajstić information content (AvgIpc) is 0.751. The Kier molecular flexibility index (Phi) is 44.1. The van der Waals surface area contributed by atoms with E-state index in [1.54, 1.807) is 0 Å². The quantitative estimate of drug-likeness (QED) is 0.0481. The molecule has 0 amide bonds. The lowest BCUT2D eigenvalue weighted by Crippen LogP contribution is -2.67. The molecule has 28 heteroatoms. The third-order valence-corrected chi connectivity index (χ3v) is 29.0. The van der Waals surface area contributed by atoms with Crippen LogP contribution in [0.3, 0.4) is 0 Å². The van der Waals surface area contributed by atoms with Gasteiger partial charge in [0, 0.05) is 145 Å². The first-order chi connectivity index (χ1) is 63.8. The number of unbranched alkanes of at least 4 members (excludes halogenated alkanes) is 9. The Morgan fingerprint density at radius 1 is 0.193 bits per heavy atom. The standard InChI is InChI=1S/C107H205N23O5/c1-35-49-58-117(59-50-36-2)89-108-90(118(60-51-37-3)61-52-38-4)111-94(110-89)122(85-74-100(19,20)127(132-68-45-11)101(21,22)75-85)82-124(87-78-104(27,28)129(134-70-47-13)105(29,30)79-87)96-114-93(121(66-57-43-9)84-72-98(15,16)126(131-67-44-10)99(17,18)73-84)115-97(116-96)125(88-80-106(31,32)130(135-71-48-14)107(33,34)81-88)83-123(86-76-102(23,24)128(133-69-46-12)103(25,26)77-86)95-112-91(119(62-53-39-5)63-54-40-6)109-92(113-95)120(64-55-41-7)65-56-42-8/h84-88H,35-83H2,1-34H3. The molecule has 0 spiro atoms. The maximum atomic E-state index is 7.13. The lowest BCUT2D eigenvalue weighted by molar-refractivity contribution is -0.283. The average molecular weight is 1890 g/mol. The van der Waals surface area contributed by atoms with Gasteiger partial charge in [0.25, 0.3) is 0 Å². The third kappa shape index (κ3) is 30.5. The molecule has 5 fully saturated rings. The smallest absolute Gasteiger partial charge is 0.233 e. The van der Waals surface area contributed by atoms with Crippen LogP contribution in [0.15, 0.2) is 0 Å². The Bertz CT molecular complexity index is 3510. The van der Waals surface area contributed by atoms with Crippen molar-refractivity contribution in [1.82, 2.24) is 70.2 Å². The van der Waals surface area contributed by atoms with Gasteiger partial charge in [0.1, 0.15) is 0 Å². The number of rotatable bonds is 60. The van der Waals surface area contributed by atoms with E-state index in [2.05, 4.69) is 305 Å². The summed E-state index contributed by atoms with van der Waals surface area (Å²) in [5, 5.41) is 11.7. The number of hydrogen-bond acceptors (Lipinski definition) is 28. The normalized spacial score (nSPS) is 20.5. The van der Waals surface area contributed by atoms with Crippen LogP contribution in [0.25, 0.3) is 0 Å². The van der Waals surface area contributed by atoms with Crippen LogP contribution < -0.4 is 44.1 Å². The van der Waals surface area contributed by atoms with Gasteiger partial charge >= 0.3 is 0 Å². The first kappa shape index (κ1) is 115. The molecule has 3 aromatic heterocycles. The van der Waals surface area contributed by atoms with E-state index in [0.29, 0.717) is 102 Å². The van der Waals surface area contributed by atoms with Gasteiger partial charge < -0.3 is 44.1 Å². The SMILES string of the molecule is CCCCN(CCCC)c1nc(N(CCCC)CCCC)nc(N(CN(c2nc(N(CCCC)C3CC(C)(C)N(OCCC)C(C)(C)C3)nc(N(CN(c3nc(N(CCCC)CCCC)nc(N(CCCC)CCCC)n3)C3CC(C)(C)N(OCCC)C(C)(C)C3)C3CC(C)(C)N(OCCC)C(C)(C)C3)n2)C2CC(C)(C)N(OCCC)C(C)(C)C2)C2CC(C)(C)N(OCCC)C(C)(C)C2)n1. The number of aromatic nitrogens is 9. The van der Waals surface area contributed by atoms with Crippen LogP contribution in [-0.2, 0) is 24.2 Å². The molecule has 0 unspecified atom stereocenters. The second-order valence-corrected chi connectivity index (χ2v) is 47.3. The summed E-state index contributed by atoms with van der Waals surface area (Å²) >= 11 is 0. The van der Waals surface area contributed by atoms with E-state index in [9.17, 15) is 0 Å². The van der Waals surface area contributed by atoms with E-state index >= 15 is 0 Å². The van der Waals surface area contributed by atoms with Crippen molar-refractivity contribution >= 4 is 53.5 Å². The minimum atomic E-state index is -0.497. The zero-order valence-corrected chi connectivity index (χ0v) is 93.4. The van der Waals surface area contributed by atoms with Crippen LogP contribution in [0.2, 0.25) is 0 Å². The van der Waals surface area contributed by atoms with Crippen LogP contribution in [0.1, 0.15) is 447 Å². The molecule has 0 radical (unpaired) electrons. The number of hydrogen-bond donors (Lipinski definition) is 0. The van der Waals surface area contributed by atoms with Gasteiger partial charge in [0.2, 0.25) is 53.5 Å². The summed E-state index contributed by atoms with van der Waals surface area (Å²) in [4.78, 5) is 114. The predicted octanol–water partition coefficient (Wildman–Crippen LogP) is 23.8. The van der Waals surface area contributed by atoms with Gasteiger partial charge in [0.05, 0.1) is 46.4 Å². The monoisotopic (exact) mass is 1890 g/mol. The van der Waals surface area contributed by atoms with Crippen molar-refractivity contribution in [1.29, 1.82) is 0 Å². The van der Waals surface area contributed by atoms with Crippen molar-refractivity contribution < 1.29 is 24.2 Å². The lowest BCUT2D eigenvalue weighted by atomic mass is 9.77. The Balaban J connectivity index is 1.66. The third-order valence-electron chi connectivity index (χ3n) is 29.0. The molecule has 0 aliphatic carbocycles. The fourth-order valence-corrected chi connectivity index (χ4v) is 23.6. The molecule has 28 nitrogen and oxygen atoms in total. The van der Waals surface area contributed by atoms with E-state index in [0.717, 1.165) is 269 Å². The molecule has 5 aliphatic heterocycles. The molecule has 0 aromatic carbocycles. The molecule has 5 aliphatic rings. The molecule has 0 atom stereocenters. The number of hydroxylamine groups is 10. The number of piperidine rings is 5. The van der Waals surface area contributed by atoms with Crippen LogP contribution >= 0.6 is 0 Å². The molecule has 0 N–H and O–H groups in total. The Labute approximate surface area is 825 Å². The van der Waals surface area contributed by atoms with Crippen LogP contribution in [0.5, 0.6) is 0 Å². The van der Waals surface area contributed by atoms with Gasteiger partial charge in [-0.15, -0.1) is 0 Å². The highest BCUT2D eigenvalue weighted by atomic mass is 16.7. The number of anilines is 9. The van der Waals surface area contributed by atoms with Gasteiger partial charge in [-0.05, 0) is 293 Å². The van der Waals surface area contributed by atoms with Crippen LogP contribution in [0, 0.1) is 0 Å². The Morgan fingerprint density at radius 2 is 0.326 bits per heavy atom. The minimum absolute atomic E-state index is 0.0219. The largest absolute Gasteiger partial charge is 0.341 e. The summed E-state index contributed by atoms with van der Waals surface area (Å²) in [6, 6.07) is -0.702. The maximum Gasteiger partial charge on any atom is 0.233 e. The Hall–Kier alpha value is -5.17. The summed E-state index contributed by atoms with van der Waals surface area (Å²) in [5.41, 5.74) is -4.58. The summed E-state index contributed by atoms with van der Waals surface area (Å²) in [6.45, 7) is 91.2. The van der Waals surface area contributed by atoms with E-state index < -0.39 is 55.4 Å². The zero-order chi connectivity index (χ0) is 99.7. The fourth-order valence-electron chi connectivity index (χ4n) is 23.6. The van der Waals surface area contributed by atoms with Gasteiger partial charge in [-0.2, -0.15) is 70.2 Å². The second-order valence-electron chi connectivity index (χ2n) is 47.3. The minimum Gasteiger partial charge on any atom is -0.341 e. The van der Waals surface area contributed by atoms with E-state index in [-0.39, 0.29) is 30.2 Å². The first-order valence-electron chi connectivity index (χ1n) is 55.0. The molecular weight excluding hydrogens is 1690 g/mol. The molecule has 3 aromatic rings. The molecule has 0 saturated carbocycles. The molecule has 778 valence electrons. The van der Waals surface area contributed by atoms with Gasteiger partial charge in [0.15, 0.2) is 0 Å². The Morgan fingerprint density at radius 3 is 0.481 bits per heavy atom. The molecule has 0 bridgehead atoms. The van der Waals surface area contributed by atoms with Crippen molar-refractivity contribution in [2.75, 3.05) is 149 Å².